The van der Waals surface area contributed by atoms with Crippen LogP contribution in [-0.2, 0) is 16.1 Å². The number of rotatable bonds is 4. The third-order valence-electron chi connectivity index (χ3n) is 3.90. The number of hydrogen-bond donors (Lipinski definition) is 1. The van der Waals surface area contributed by atoms with Gasteiger partial charge in [0.25, 0.3) is 5.91 Å². The second kappa shape index (κ2) is 6.70. The molecule has 1 N–H and O–H groups in total. The standard InChI is InChI=1S/C15H21BrN2O2/c1-18(11-12-5-3-4-6-13(12)16)14(19)15(20-2)7-9-17-10-8-15/h3-6,17H,7-11H2,1-2H3. The van der Waals surface area contributed by atoms with E-state index >= 15 is 0 Å². The van der Waals surface area contributed by atoms with Crippen LogP contribution in [0.5, 0.6) is 0 Å². The predicted molar refractivity (Wildman–Crippen MR) is 82.5 cm³/mol. The van der Waals surface area contributed by atoms with E-state index in [1.54, 1.807) is 12.0 Å². The second-order valence-corrected chi connectivity index (χ2v) is 6.06. The van der Waals surface area contributed by atoms with Crippen molar-refractivity contribution >= 4 is 21.8 Å². The molecule has 1 aromatic carbocycles. The Morgan fingerprint density at radius 3 is 2.65 bits per heavy atom. The largest absolute Gasteiger partial charge is 0.368 e. The Bertz CT molecular complexity index is 473. The molecule has 0 spiro atoms. The highest BCUT2D eigenvalue weighted by atomic mass is 79.9. The smallest absolute Gasteiger partial charge is 0.254 e. The molecule has 1 heterocycles. The monoisotopic (exact) mass is 340 g/mol. The average molecular weight is 341 g/mol. The maximum atomic E-state index is 12.7. The molecular weight excluding hydrogens is 320 g/mol. The highest BCUT2D eigenvalue weighted by Crippen LogP contribution is 2.26. The van der Waals surface area contributed by atoms with Crippen LogP contribution < -0.4 is 5.32 Å². The zero-order valence-electron chi connectivity index (χ0n) is 12.0. The number of piperidine rings is 1. The minimum atomic E-state index is -0.665. The van der Waals surface area contributed by atoms with Crippen molar-refractivity contribution in [1.82, 2.24) is 10.2 Å². The van der Waals surface area contributed by atoms with E-state index in [1.165, 1.54) is 0 Å². The Balaban J connectivity index is 2.10. The maximum Gasteiger partial charge on any atom is 0.254 e. The summed E-state index contributed by atoms with van der Waals surface area (Å²) in [5.41, 5.74) is 0.435. The number of nitrogens with one attached hydrogen (secondary N) is 1. The normalized spacial score (nSPS) is 17.8. The van der Waals surface area contributed by atoms with Crippen LogP contribution in [0, 0.1) is 0 Å². The van der Waals surface area contributed by atoms with Crippen molar-refractivity contribution in [3.63, 3.8) is 0 Å². The summed E-state index contributed by atoms with van der Waals surface area (Å²) in [7, 11) is 3.47. The number of hydrogen-bond acceptors (Lipinski definition) is 3. The zero-order valence-corrected chi connectivity index (χ0v) is 13.6. The minimum Gasteiger partial charge on any atom is -0.368 e. The first kappa shape index (κ1) is 15.5. The van der Waals surface area contributed by atoms with Gasteiger partial charge in [0.1, 0.15) is 5.60 Å². The van der Waals surface area contributed by atoms with Gasteiger partial charge in [0.05, 0.1) is 0 Å². The van der Waals surface area contributed by atoms with Gasteiger partial charge in [-0.05, 0) is 37.6 Å². The molecule has 4 nitrogen and oxygen atoms in total. The summed E-state index contributed by atoms with van der Waals surface area (Å²) in [4.78, 5) is 14.5. The number of methoxy groups -OCH3 is 1. The fourth-order valence-electron chi connectivity index (χ4n) is 2.64. The van der Waals surface area contributed by atoms with Gasteiger partial charge in [0, 0.05) is 25.2 Å². The van der Waals surface area contributed by atoms with Crippen LogP contribution in [0.4, 0.5) is 0 Å². The Kier molecular flexibility index (Phi) is 5.18. The maximum absolute atomic E-state index is 12.7. The molecule has 1 amide bonds. The summed E-state index contributed by atoms with van der Waals surface area (Å²) >= 11 is 3.52. The van der Waals surface area contributed by atoms with Crippen LogP contribution in [0.3, 0.4) is 0 Å². The van der Waals surface area contributed by atoms with Gasteiger partial charge < -0.3 is 15.0 Å². The van der Waals surface area contributed by atoms with Crippen molar-refractivity contribution in [2.75, 3.05) is 27.2 Å². The molecule has 0 bridgehead atoms. The van der Waals surface area contributed by atoms with E-state index in [2.05, 4.69) is 21.2 Å². The number of nitrogens with zero attached hydrogens (tertiary/aromatic N) is 1. The molecule has 1 aliphatic heterocycles. The van der Waals surface area contributed by atoms with Gasteiger partial charge in [-0.2, -0.15) is 0 Å². The van der Waals surface area contributed by atoms with Crippen LogP contribution in [-0.4, -0.2) is 43.7 Å². The molecule has 5 heteroatoms. The molecule has 0 unspecified atom stereocenters. The van der Waals surface area contributed by atoms with Crippen molar-refractivity contribution in [2.45, 2.75) is 25.0 Å². The molecule has 110 valence electrons. The summed E-state index contributed by atoms with van der Waals surface area (Å²) in [5.74, 6) is 0.0669. The third-order valence-corrected chi connectivity index (χ3v) is 4.68. The van der Waals surface area contributed by atoms with Gasteiger partial charge in [0.2, 0.25) is 0 Å². The quantitative estimate of drug-likeness (QED) is 0.913. The fourth-order valence-corrected chi connectivity index (χ4v) is 3.05. The molecule has 1 saturated heterocycles. The topological polar surface area (TPSA) is 41.6 Å². The SMILES string of the molecule is COC1(C(=O)N(C)Cc2ccccc2Br)CCNCC1. The van der Waals surface area contributed by atoms with Crippen molar-refractivity contribution in [2.24, 2.45) is 0 Å². The molecule has 0 saturated carbocycles. The summed E-state index contributed by atoms with van der Waals surface area (Å²) in [5, 5.41) is 3.27. The number of carbonyl (C=O) groups excluding carboxylic acids is 1. The second-order valence-electron chi connectivity index (χ2n) is 5.20. The lowest BCUT2D eigenvalue weighted by Crippen LogP contribution is -2.54. The molecule has 1 aliphatic rings. The van der Waals surface area contributed by atoms with Crippen LogP contribution in [0.2, 0.25) is 0 Å². The Morgan fingerprint density at radius 1 is 1.40 bits per heavy atom. The lowest BCUT2D eigenvalue weighted by Gasteiger charge is -2.37. The zero-order chi connectivity index (χ0) is 14.6. The predicted octanol–water partition coefficient (Wildman–Crippen LogP) is 2.18. The third kappa shape index (κ3) is 3.22. The Labute approximate surface area is 128 Å². The molecule has 0 radical (unpaired) electrons. The van der Waals surface area contributed by atoms with E-state index in [0.29, 0.717) is 6.54 Å². The van der Waals surface area contributed by atoms with Crippen molar-refractivity contribution in [3.05, 3.63) is 34.3 Å². The molecule has 0 aromatic heterocycles. The molecule has 1 fully saturated rings. The first-order chi connectivity index (χ1) is 9.59. The lowest BCUT2D eigenvalue weighted by molar-refractivity contribution is -0.157. The van der Waals surface area contributed by atoms with Crippen LogP contribution >= 0.6 is 15.9 Å². The number of ether oxygens (including phenoxy) is 1. The molecule has 2 rings (SSSR count). The van der Waals surface area contributed by atoms with E-state index < -0.39 is 5.60 Å². The Morgan fingerprint density at radius 2 is 2.05 bits per heavy atom. The van der Waals surface area contributed by atoms with Gasteiger partial charge in [-0.25, -0.2) is 0 Å². The summed E-state index contributed by atoms with van der Waals surface area (Å²) in [6.07, 6.45) is 1.45. The molecule has 0 aliphatic carbocycles. The van der Waals surface area contributed by atoms with Crippen molar-refractivity contribution in [3.8, 4) is 0 Å². The van der Waals surface area contributed by atoms with Crippen LogP contribution in [0.1, 0.15) is 18.4 Å². The number of likely N-dealkylation sites (N-methyl/N-ethyl adjacent to an activating group) is 1. The van der Waals surface area contributed by atoms with Gasteiger partial charge in [-0.1, -0.05) is 34.1 Å². The van der Waals surface area contributed by atoms with Crippen molar-refractivity contribution < 1.29 is 9.53 Å². The van der Waals surface area contributed by atoms with Crippen LogP contribution in [0.15, 0.2) is 28.7 Å². The summed E-state index contributed by atoms with van der Waals surface area (Å²) in [6, 6.07) is 7.97. The Hall–Kier alpha value is -0.910. The van der Waals surface area contributed by atoms with Gasteiger partial charge >= 0.3 is 0 Å². The van der Waals surface area contributed by atoms with E-state index in [9.17, 15) is 4.79 Å². The van der Waals surface area contributed by atoms with Gasteiger partial charge in [-0.3, -0.25) is 4.79 Å². The fraction of sp³-hybridized carbons (Fsp3) is 0.533. The van der Waals surface area contributed by atoms with E-state index in [4.69, 9.17) is 4.74 Å². The van der Waals surface area contributed by atoms with Crippen molar-refractivity contribution in [1.29, 1.82) is 0 Å². The number of benzene rings is 1. The molecule has 1 aromatic rings. The van der Waals surface area contributed by atoms with E-state index in [0.717, 1.165) is 36.0 Å². The first-order valence-corrected chi connectivity index (χ1v) is 7.63. The minimum absolute atomic E-state index is 0.0669. The van der Waals surface area contributed by atoms with E-state index in [1.807, 2.05) is 31.3 Å². The molecule has 0 atom stereocenters. The summed E-state index contributed by atoms with van der Waals surface area (Å²) < 4.78 is 6.61. The number of amides is 1. The highest BCUT2D eigenvalue weighted by molar-refractivity contribution is 9.10. The number of halogens is 1. The van der Waals surface area contributed by atoms with Gasteiger partial charge in [0.15, 0.2) is 0 Å². The number of carbonyl (C=O) groups is 1. The molecule has 20 heavy (non-hydrogen) atoms. The van der Waals surface area contributed by atoms with Gasteiger partial charge in [-0.15, -0.1) is 0 Å². The first-order valence-electron chi connectivity index (χ1n) is 6.84. The van der Waals surface area contributed by atoms with E-state index in [-0.39, 0.29) is 5.91 Å². The average Bonchev–Trinajstić information content (AvgIpc) is 2.49. The molecular formula is C15H21BrN2O2. The van der Waals surface area contributed by atoms with Crippen LogP contribution in [0.25, 0.3) is 0 Å². The lowest BCUT2D eigenvalue weighted by atomic mass is 9.90. The summed E-state index contributed by atoms with van der Waals surface area (Å²) in [6.45, 7) is 2.23. The highest BCUT2D eigenvalue weighted by Gasteiger charge is 2.41.